The van der Waals surface area contributed by atoms with Crippen molar-refractivity contribution in [3.05, 3.63) is 0 Å². The van der Waals surface area contributed by atoms with Gasteiger partial charge in [-0.3, -0.25) is 0 Å². The third-order valence-electron chi connectivity index (χ3n) is 4.40. The fourth-order valence-corrected chi connectivity index (χ4v) is 3.13. The monoisotopic (exact) mass is 284 g/mol. The van der Waals surface area contributed by atoms with Gasteiger partial charge in [-0.05, 0) is 24.7 Å². The summed E-state index contributed by atoms with van der Waals surface area (Å²) in [6.07, 6.45) is 4.91. The average Bonchev–Trinajstić information content (AvgIpc) is 2.85. The number of amides is 2. The molecular formula is C14H24N2O4. The van der Waals surface area contributed by atoms with Crippen LogP contribution in [0, 0.1) is 5.41 Å². The molecule has 0 bridgehead atoms. The van der Waals surface area contributed by atoms with Crippen molar-refractivity contribution in [3.63, 3.8) is 0 Å². The van der Waals surface area contributed by atoms with Gasteiger partial charge in [0.05, 0.1) is 13.2 Å². The number of rotatable bonds is 4. The van der Waals surface area contributed by atoms with E-state index in [1.54, 1.807) is 4.90 Å². The molecule has 2 N–H and O–H groups in total. The van der Waals surface area contributed by atoms with Crippen molar-refractivity contribution in [2.45, 2.75) is 45.1 Å². The zero-order valence-corrected chi connectivity index (χ0v) is 12.1. The summed E-state index contributed by atoms with van der Waals surface area (Å²) in [5.74, 6) is -0.945. The van der Waals surface area contributed by atoms with Gasteiger partial charge in [0.25, 0.3) is 0 Å². The number of aliphatic carboxylic acids is 1. The van der Waals surface area contributed by atoms with Crippen molar-refractivity contribution in [1.29, 1.82) is 0 Å². The van der Waals surface area contributed by atoms with Crippen LogP contribution < -0.4 is 5.32 Å². The number of hydrogen-bond acceptors (Lipinski definition) is 3. The van der Waals surface area contributed by atoms with E-state index in [-0.39, 0.29) is 11.4 Å². The van der Waals surface area contributed by atoms with Gasteiger partial charge in [0, 0.05) is 13.1 Å². The lowest BCUT2D eigenvalue weighted by molar-refractivity contribution is -0.140. The largest absolute Gasteiger partial charge is 0.480 e. The van der Waals surface area contributed by atoms with Gasteiger partial charge >= 0.3 is 12.0 Å². The summed E-state index contributed by atoms with van der Waals surface area (Å²) in [5, 5.41) is 12.0. The Kier molecular flexibility index (Phi) is 4.86. The van der Waals surface area contributed by atoms with Crippen molar-refractivity contribution in [2.24, 2.45) is 5.41 Å². The van der Waals surface area contributed by atoms with E-state index >= 15 is 0 Å². The smallest absolute Gasteiger partial charge is 0.326 e. The van der Waals surface area contributed by atoms with E-state index in [0.29, 0.717) is 32.7 Å². The molecular weight excluding hydrogens is 260 g/mol. The summed E-state index contributed by atoms with van der Waals surface area (Å²) in [6.45, 7) is 4.20. The van der Waals surface area contributed by atoms with Crippen molar-refractivity contribution in [1.82, 2.24) is 10.2 Å². The second kappa shape index (κ2) is 6.43. The number of hydrogen-bond donors (Lipinski definition) is 2. The van der Waals surface area contributed by atoms with Crippen molar-refractivity contribution in [2.75, 3.05) is 26.3 Å². The minimum absolute atomic E-state index is 0.0430. The first kappa shape index (κ1) is 15.1. The van der Waals surface area contributed by atoms with Crippen LogP contribution in [0.4, 0.5) is 4.79 Å². The standard InChI is InChI=1S/C14H24N2O4/c1-14(4-2-3-5-14)10-11(12(17)18)15-13(19)16-6-8-20-9-7-16/h11H,2-10H2,1H3,(H,15,19)(H,17,18)/t11-/m0/s1. The molecule has 0 unspecified atom stereocenters. The molecule has 1 aliphatic heterocycles. The fraction of sp³-hybridized carbons (Fsp3) is 0.857. The Morgan fingerprint density at radius 3 is 2.45 bits per heavy atom. The van der Waals surface area contributed by atoms with Gasteiger partial charge in [-0.25, -0.2) is 9.59 Å². The van der Waals surface area contributed by atoms with Crippen molar-refractivity contribution < 1.29 is 19.4 Å². The van der Waals surface area contributed by atoms with Crippen LogP contribution in [-0.4, -0.2) is 54.4 Å². The average molecular weight is 284 g/mol. The molecule has 6 nitrogen and oxygen atoms in total. The number of carbonyl (C=O) groups is 2. The lowest BCUT2D eigenvalue weighted by Gasteiger charge is -2.31. The highest BCUT2D eigenvalue weighted by Crippen LogP contribution is 2.41. The number of urea groups is 1. The first-order valence-electron chi connectivity index (χ1n) is 7.36. The number of nitrogens with zero attached hydrogens (tertiary/aromatic N) is 1. The molecule has 114 valence electrons. The third-order valence-corrected chi connectivity index (χ3v) is 4.40. The van der Waals surface area contributed by atoms with Crippen LogP contribution in [0.3, 0.4) is 0 Å². The van der Waals surface area contributed by atoms with Gasteiger partial charge in [0.2, 0.25) is 0 Å². The molecule has 0 aromatic heterocycles. The summed E-state index contributed by atoms with van der Waals surface area (Å²) in [6, 6.07) is -1.09. The molecule has 6 heteroatoms. The number of carboxylic acids is 1. The molecule has 0 aromatic rings. The molecule has 2 amide bonds. The summed E-state index contributed by atoms with van der Waals surface area (Å²) in [4.78, 5) is 25.1. The number of morpholine rings is 1. The number of ether oxygens (including phenoxy) is 1. The summed E-state index contributed by atoms with van der Waals surface area (Å²) < 4.78 is 5.19. The molecule has 1 heterocycles. The van der Waals surface area contributed by atoms with Gasteiger partial charge in [0.1, 0.15) is 6.04 Å². The molecule has 0 aromatic carbocycles. The lowest BCUT2D eigenvalue weighted by atomic mass is 9.82. The molecule has 20 heavy (non-hydrogen) atoms. The maximum absolute atomic E-state index is 12.1. The van der Waals surface area contributed by atoms with E-state index in [1.807, 2.05) is 0 Å². The van der Waals surface area contributed by atoms with Gasteiger partial charge in [-0.15, -0.1) is 0 Å². The lowest BCUT2D eigenvalue weighted by Crippen LogP contribution is -2.52. The predicted octanol–water partition coefficient (Wildman–Crippen LogP) is 1.45. The molecule has 2 fully saturated rings. The van der Waals surface area contributed by atoms with Crippen molar-refractivity contribution >= 4 is 12.0 Å². The maximum Gasteiger partial charge on any atom is 0.326 e. The first-order valence-corrected chi connectivity index (χ1v) is 7.36. The summed E-state index contributed by atoms with van der Waals surface area (Å²) >= 11 is 0. The zero-order valence-electron chi connectivity index (χ0n) is 12.1. The Balaban J connectivity index is 1.91. The van der Waals surface area contributed by atoms with E-state index < -0.39 is 12.0 Å². The van der Waals surface area contributed by atoms with Gasteiger partial charge in [0.15, 0.2) is 0 Å². The van der Waals surface area contributed by atoms with E-state index in [4.69, 9.17) is 4.74 Å². The van der Waals surface area contributed by atoms with E-state index in [9.17, 15) is 14.7 Å². The van der Waals surface area contributed by atoms with Crippen LogP contribution in [0.15, 0.2) is 0 Å². The molecule has 0 radical (unpaired) electrons. The van der Waals surface area contributed by atoms with Crippen LogP contribution in [0.25, 0.3) is 0 Å². The SMILES string of the molecule is CC1(C[C@H](NC(=O)N2CCOCC2)C(=O)O)CCCC1. The summed E-state index contributed by atoms with van der Waals surface area (Å²) in [5.41, 5.74) is 0.0430. The van der Waals surface area contributed by atoms with E-state index in [2.05, 4.69) is 12.2 Å². The Hall–Kier alpha value is -1.30. The Morgan fingerprint density at radius 2 is 1.90 bits per heavy atom. The molecule has 0 spiro atoms. The molecule has 1 saturated carbocycles. The number of carbonyl (C=O) groups excluding carboxylic acids is 1. The quantitative estimate of drug-likeness (QED) is 0.819. The van der Waals surface area contributed by atoms with E-state index in [0.717, 1.165) is 25.7 Å². The minimum atomic E-state index is -0.945. The second-order valence-electron chi connectivity index (χ2n) is 6.16. The van der Waals surface area contributed by atoms with Gasteiger partial charge in [-0.2, -0.15) is 0 Å². The van der Waals surface area contributed by atoms with E-state index in [1.165, 1.54) is 0 Å². The highest BCUT2D eigenvalue weighted by Gasteiger charge is 2.35. The topological polar surface area (TPSA) is 78.9 Å². The molecule has 1 atom stereocenters. The molecule has 2 rings (SSSR count). The van der Waals surface area contributed by atoms with Gasteiger partial charge in [-0.1, -0.05) is 19.8 Å². The highest BCUT2D eigenvalue weighted by atomic mass is 16.5. The summed E-state index contributed by atoms with van der Waals surface area (Å²) in [7, 11) is 0. The first-order chi connectivity index (χ1) is 9.50. The Morgan fingerprint density at radius 1 is 1.30 bits per heavy atom. The van der Waals surface area contributed by atoms with Crippen LogP contribution in [0.2, 0.25) is 0 Å². The highest BCUT2D eigenvalue weighted by molar-refractivity contribution is 5.82. The van der Waals surface area contributed by atoms with Crippen molar-refractivity contribution in [3.8, 4) is 0 Å². The van der Waals surface area contributed by atoms with Crippen LogP contribution in [0.5, 0.6) is 0 Å². The van der Waals surface area contributed by atoms with Crippen LogP contribution in [0.1, 0.15) is 39.0 Å². The number of nitrogens with one attached hydrogen (secondary N) is 1. The molecule has 1 saturated heterocycles. The number of carboxylic acid groups (broad SMARTS) is 1. The zero-order chi connectivity index (χ0) is 14.6. The minimum Gasteiger partial charge on any atom is -0.480 e. The molecule has 1 aliphatic carbocycles. The normalized spacial score (nSPS) is 23.4. The van der Waals surface area contributed by atoms with Crippen LogP contribution in [-0.2, 0) is 9.53 Å². The predicted molar refractivity (Wildman–Crippen MR) is 73.5 cm³/mol. The second-order valence-corrected chi connectivity index (χ2v) is 6.16. The molecule has 2 aliphatic rings. The maximum atomic E-state index is 12.1. The Bertz CT molecular complexity index is 360. The van der Waals surface area contributed by atoms with Gasteiger partial charge < -0.3 is 20.1 Å². The third kappa shape index (κ3) is 3.85. The Labute approximate surface area is 119 Å². The fourth-order valence-electron chi connectivity index (χ4n) is 3.13. The van der Waals surface area contributed by atoms with Crippen LogP contribution >= 0.6 is 0 Å².